The Kier molecular flexibility index (Phi) is 5.39. The van der Waals surface area contributed by atoms with Crippen LogP contribution in [0.3, 0.4) is 0 Å². The molecule has 0 radical (unpaired) electrons. The number of methoxy groups -OCH3 is 3. The van der Waals surface area contributed by atoms with Crippen molar-refractivity contribution in [1.82, 2.24) is 15.7 Å². The summed E-state index contributed by atoms with van der Waals surface area (Å²) in [6.07, 6.45) is 1.40. The molecular weight excluding hydrogens is 320 g/mol. The Hall–Kier alpha value is -3.50. The zero-order valence-corrected chi connectivity index (χ0v) is 13.2. The Morgan fingerprint density at radius 3 is 2.38 bits per heavy atom. The van der Waals surface area contributed by atoms with Crippen LogP contribution < -0.4 is 30.7 Å². The molecule has 0 saturated carbocycles. The number of carbonyl (C=O) groups excluding carboxylic acids is 1. The van der Waals surface area contributed by atoms with Gasteiger partial charge < -0.3 is 19.9 Å². The van der Waals surface area contributed by atoms with Gasteiger partial charge in [0, 0.05) is 5.56 Å². The molecule has 0 aliphatic heterocycles. The number of aromatic nitrogens is 2. The second-order valence-corrected chi connectivity index (χ2v) is 4.28. The summed E-state index contributed by atoms with van der Waals surface area (Å²) in [5.74, 6) is 1.33. The van der Waals surface area contributed by atoms with Gasteiger partial charge >= 0.3 is 6.03 Å². The highest BCUT2D eigenvalue weighted by molar-refractivity contribution is 5.91. The van der Waals surface area contributed by atoms with Gasteiger partial charge in [0.15, 0.2) is 11.5 Å². The third kappa shape index (κ3) is 3.82. The van der Waals surface area contributed by atoms with Gasteiger partial charge in [0.05, 0.1) is 27.5 Å². The Bertz CT molecular complexity index is 719. The average Bonchev–Trinajstić information content (AvgIpc) is 2.98. The highest BCUT2D eigenvalue weighted by atomic mass is 16.6. The molecule has 0 fully saturated rings. The van der Waals surface area contributed by atoms with E-state index in [0.29, 0.717) is 22.8 Å². The van der Waals surface area contributed by atoms with E-state index in [0.717, 1.165) is 0 Å². The lowest BCUT2D eigenvalue weighted by atomic mass is 10.2. The summed E-state index contributed by atoms with van der Waals surface area (Å²) < 4.78 is 20.0. The van der Waals surface area contributed by atoms with Crippen LogP contribution in [0.15, 0.2) is 21.9 Å². The highest BCUT2D eigenvalue weighted by Crippen LogP contribution is 2.37. The maximum atomic E-state index is 11.6. The smallest absolute Gasteiger partial charge is 0.340 e. The van der Waals surface area contributed by atoms with Crippen LogP contribution in [0.5, 0.6) is 17.2 Å². The molecule has 2 aromatic rings. The summed E-state index contributed by atoms with van der Waals surface area (Å²) in [7, 11) is 4.50. The number of hydrogen-bond acceptors (Lipinski definition) is 9. The van der Waals surface area contributed by atoms with Gasteiger partial charge in [0.1, 0.15) is 0 Å². The number of nitrogens with two attached hydrogens (primary N) is 1. The summed E-state index contributed by atoms with van der Waals surface area (Å²) in [4.78, 5) is 11.6. The first-order valence-corrected chi connectivity index (χ1v) is 6.57. The van der Waals surface area contributed by atoms with Crippen LogP contribution in [0.2, 0.25) is 0 Å². The van der Waals surface area contributed by atoms with Crippen molar-refractivity contribution in [2.24, 2.45) is 5.10 Å². The number of nitrogens with zero attached hydrogens (tertiary/aromatic N) is 3. The Morgan fingerprint density at radius 2 is 1.88 bits per heavy atom. The second-order valence-electron chi connectivity index (χ2n) is 4.28. The van der Waals surface area contributed by atoms with E-state index in [1.54, 1.807) is 12.1 Å². The van der Waals surface area contributed by atoms with E-state index in [1.807, 2.05) is 0 Å². The fourth-order valence-corrected chi connectivity index (χ4v) is 1.76. The zero-order chi connectivity index (χ0) is 17.5. The van der Waals surface area contributed by atoms with Crippen molar-refractivity contribution in [3.8, 4) is 17.2 Å². The summed E-state index contributed by atoms with van der Waals surface area (Å²) in [6, 6.07) is 2.68. The van der Waals surface area contributed by atoms with Crippen LogP contribution in [-0.4, -0.2) is 43.9 Å². The first kappa shape index (κ1) is 16.9. The molecule has 11 nitrogen and oxygen atoms in total. The van der Waals surface area contributed by atoms with E-state index in [1.165, 1.54) is 27.5 Å². The van der Waals surface area contributed by atoms with Crippen molar-refractivity contribution in [3.05, 3.63) is 17.7 Å². The maximum Gasteiger partial charge on any atom is 0.340 e. The Morgan fingerprint density at radius 1 is 1.21 bits per heavy atom. The maximum absolute atomic E-state index is 11.6. The number of carbonyl (C=O) groups is 1. The molecular formula is C13H16N6O5. The number of amides is 2. The Balaban J connectivity index is 2.06. The van der Waals surface area contributed by atoms with Crippen LogP contribution in [-0.2, 0) is 0 Å². The van der Waals surface area contributed by atoms with Crippen LogP contribution in [0, 0.1) is 0 Å². The number of hydrogen-bond donors (Lipinski definition) is 3. The lowest BCUT2D eigenvalue weighted by molar-refractivity contribution is 0.252. The molecule has 11 heteroatoms. The molecule has 2 rings (SSSR count). The number of benzene rings is 1. The molecule has 0 atom stereocenters. The van der Waals surface area contributed by atoms with E-state index >= 15 is 0 Å². The van der Waals surface area contributed by atoms with Crippen LogP contribution >= 0.6 is 0 Å². The van der Waals surface area contributed by atoms with Gasteiger partial charge in [0.25, 0.3) is 0 Å². The van der Waals surface area contributed by atoms with Crippen molar-refractivity contribution in [3.63, 3.8) is 0 Å². The predicted molar refractivity (Wildman–Crippen MR) is 84.6 cm³/mol. The summed E-state index contributed by atoms with van der Waals surface area (Å²) >= 11 is 0. The molecule has 0 aliphatic rings. The SMILES string of the molecule is COc1cc(/C=N\NC(=O)Nc2nonc2N)cc(OC)c1OC. The molecule has 4 N–H and O–H groups in total. The normalized spacial score (nSPS) is 10.5. The third-order valence-corrected chi connectivity index (χ3v) is 2.81. The molecule has 1 heterocycles. The topological polar surface area (TPSA) is 146 Å². The molecule has 0 unspecified atom stereocenters. The minimum Gasteiger partial charge on any atom is -0.493 e. The van der Waals surface area contributed by atoms with Crippen molar-refractivity contribution in [1.29, 1.82) is 0 Å². The van der Waals surface area contributed by atoms with E-state index in [-0.39, 0.29) is 11.6 Å². The van der Waals surface area contributed by atoms with Gasteiger partial charge in [-0.05, 0) is 22.4 Å². The molecule has 1 aromatic heterocycles. The lowest BCUT2D eigenvalue weighted by Gasteiger charge is -2.12. The molecule has 0 saturated heterocycles. The minimum absolute atomic E-state index is 0.00418. The summed E-state index contributed by atoms with van der Waals surface area (Å²) in [5, 5.41) is 12.8. The van der Waals surface area contributed by atoms with E-state index in [4.69, 9.17) is 19.9 Å². The first-order valence-electron chi connectivity index (χ1n) is 6.57. The van der Waals surface area contributed by atoms with Crippen molar-refractivity contribution in [2.45, 2.75) is 0 Å². The molecule has 24 heavy (non-hydrogen) atoms. The Labute approximate surface area is 136 Å². The van der Waals surface area contributed by atoms with E-state index in [9.17, 15) is 4.79 Å². The second kappa shape index (κ2) is 7.67. The highest BCUT2D eigenvalue weighted by Gasteiger charge is 2.12. The van der Waals surface area contributed by atoms with Gasteiger partial charge in [-0.2, -0.15) is 5.10 Å². The number of urea groups is 1. The minimum atomic E-state index is -0.666. The predicted octanol–water partition coefficient (Wildman–Crippen LogP) is 0.833. The standard InChI is InChI=1S/C13H16N6O5/c1-21-8-4-7(5-9(22-2)10(8)23-3)6-15-17-13(20)16-12-11(14)18-24-19-12/h4-6H,1-3H3,(H2,14,18)(H2,16,17,19,20)/b15-6-. The third-order valence-electron chi connectivity index (χ3n) is 2.81. The van der Waals surface area contributed by atoms with Gasteiger partial charge in [-0.15, -0.1) is 0 Å². The van der Waals surface area contributed by atoms with Gasteiger partial charge in [-0.3, -0.25) is 5.32 Å². The van der Waals surface area contributed by atoms with Crippen LogP contribution in [0.1, 0.15) is 5.56 Å². The molecule has 2 amide bonds. The largest absolute Gasteiger partial charge is 0.493 e. The van der Waals surface area contributed by atoms with E-state index in [2.05, 4.69) is 30.8 Å². The number of nitrogens with one attached hydrogen (secondary N) is 2. The lowest BCUT2D eigenvalue weighted by Crippen LogP contribution is -2.24. The fraction of sp³-hybridized carbons (Fsp3) is 0.231. The number of ether oxygens (including phenoxy) is 3. The van der Waals surface area contributed by atoms with E-state index < -0.39 is 6.03 Å². The molecule has 0 aliphatic carbocycles. The van der Waals surface area contributed by atoms with Crippen LogP contribution in [0.25, 0.3) is 0 Å². The molecule has 0 spiro atoms. The summed E-state index contributed by atoms with van der Waals surface area (Å²) in [6.45, 7) is 0. The zero-order valence-electron chi connectivity index (χ0n) is 13.2. The van der Waals surface area contributed by atoms with Gasteiger partial charge in [0.2, 0.25) is 17.4 Å². The monoisotopic (exact) mass is 336 g/mol. The average molecular weight is 336 g/mol. The number of anilines is 2. The first-order chi connectivity index (χ1) is 11.6. The van der Waals surface area contributed by atoms with Crippen molar-refractivity contribution in [2.75, 3.05) is 32.4 Å². The van der Waals surface area contributed by atoms with Gasteiger partial charge in [-0.1, -0.05) is 0 Å². The van der Waals surface area contributed by atoms with Crippen molar-refractivity contribution >= 4 is 23.9 Å². The van der Waals surface area contributed by atoms with Crippen LogP contribution in [0.4, 0.5) is 16.4 Å². The quantitative estimate of drug-likeness (QED) is 0.519. The molecule has 128 valence electrons. The summed E-state index contributed by atoms with van der Waals surface area (Å²) in [5.41, 5.74) is 8.27. The number of nitrogen functional groups attached to an aromatic ring is 1. The molecule has 1 aromatic carbocycles. The number of rotatable bonds is 6. The molecule has 0 bridgehead atoms. The van der Waals surface area contributed by atoms with Gasteiger partial charge in [-0.25, -0.2) is 14.8 Å². The fourth-order valence-electron chi connectivity index (χ4n) is 1.76. The number of hydrazone groups is 1. The van der Waals surface area contributed by atoms with Crippen molar-refractivity contribution < 1.29 is 23.6 Å².